The molecule has 0 saturated carbocycles. The summed E-state index contributed by atoms with van der Waals surface area (Å²) in [5.74, 6) is -0.0981. The molecule has 5 nitrogen and oxygen atoms in total. The molecule has 0 radical (unpaired) electrons. The van der Waals surface area contributed by atoms with Crippen molar-refractivity contribution in [3.05, 3.63) is 18.0 Å². The van der Waals surface area contributed by atoms with E-state index in [0.717, 1.165) is 25.0 Å². The van der Waals surface area contributed by atoms with Gasteiger partial charge in [0.2, 0.25) is 5.91 Å². The number of unbranched alkanes of at least 4 members (excludes halogenated alkanes) is 1. The van der Waals surface area contributed by atoms with Crippen LogP contribution in [0.1, 0.15) is 31.9 Å². The SMILES string of the molecule is CCCCC(N)C(=O)NCc1ccn(C)n1. The Labute approximate surface area is 96.0 Å². The number of carbonyl (C=O) groups excluding carboxylic acids is 1. The van der Waals surface area contributed by atoms with Crippen LogP contribution in [0.3, 0.4) is 0 Å². The zero-order valence-electron chi connectivity index (χ0n) is 9.94. The van der Waals surface area contributed by atoms with Crippen LogP contribution < -0.4 is 11.1 Å². The van der Waals surface area contributed by atoms with Crippen LogP contribution in [0.5, 0.6) is 0 Å². The summed E-state index contributed by atoms with van der Waals surface area (Å²) in [4.78, 5) is 11.6. The lowest BCUT2D eigenvalue weighted by Gasteiger charge is -2.10. The largest absolute Gasteiger partial charge is 0.349 e. The van der Waals surface area contributed by atoms with Gasteiger partial charge in [-0.05, 0) is 12.5 Å². The topological polar surface area (TPSA) is 72.9 Å². The molecule has 0 spiro atoms. The fraction of sp³-hybridized carbons (Fsp3) is 0.636. The van der Waals surface area contributed by atoms with Gasteiger partial charge in [0.1, 0.15) is 0 Å². The van der Waals surface area contributed by atoms with E-state index in [1.54, 1.807) is 4.68 Å². The second kappa shape index (κ2) is 6.27. The number of amides is 1. The Hall–Kier alpha value is -1.36. The first-order valence-corrected chi connectivity index (χ1v) is 5.65. The molecule has 3 N–H and O–H groups in total. The molecule has 0 aliphatic heterocycles. The Bertz CT molecular complexity index is 334. The second-order valence-electron chi connectivity index (χ2n) is 3.95. The average Bonchev–Trinajstić information content (AvgIpc) is 2.68. The fourth-order valence-electron chi connectivity index (χ4n) is 1.42. The number of hydrogen-bond acceptors (Lipinski definition) is 3. The molecule has 1 aromatic rings. The lowest BCUT2D eigenvalue weighted by molar-refractivity contribution is -0.122. The highest BCUT2D eigenvalue weighted by atomic mass is 16.2. The van der Waals surface area contributed by atoms with Gasteiger partial charge in [-0.2, -0.15) is 5.10 Å². The van der Waals surface area contributed by atoms with Crippen molar-refractivity contribution >= 4 is 5.91 Å². The van der Waals surface area contributed by atoms with Crippen LogP contribution in [0.2, 0.25) is 0 Å². The monoisotopic (exact) mass is 224 g/mol. The third-order valence-electron chi connectivity index (χ3n) is 2.42. The van der Waals surface area contributed by atoms with Gasteiger partial charge in [0.05, 0.1) is 18.3 Å². The molecule has 0 aromatic carbocycles. The van der Waals surface area contributed by atoms with Crippen molar-refractivity contribution in [1.29, 1.82) is 0 Å². The number of carbonyl (C=O) groups is 1. The van der Waals surface area contributed by atoms with E-state index < -0.39 is 6.04 Å². The number of aryl methyl sites for hydroxylation is 1. The highest BCUT2D eigenvalue weighted by molar-refractivity contribution is 5.81. The van der Waals surface area contributed by atoms with Crippen molar-refractivity contribution in [2.45, 2.75) is 38.8 Å². The Morgan fingerprint density at radius 2 is 2.44 bits per heavy atom. The van der Waals surface area contributed by atoms with Gasteiger partial charge in [0.25, 0.3) is 0 Å². The minimum Gasteiger partial charge on any atom is -0.349 e. The highest BCUT2D eigenvalue weighted by Crippen LogP contribution is 1.99. The molecule has 0 fully saturated rings. The van der Waals surface area contributed by atoms with E-state index in [-0.39, 0.29) is 5.91 Å². The van der Waals surface area contributed by atoms with E-state index in [4.69, 9.17) is 5.73 Å². The first-order chi connectivity index (χ1) is 7.63. The third-order valence-corrected chi connectivity index (χ3v) is 2.42. The molecule has 1 atom stereocenters. The molecule has 90 valence electrons. The first kappa shape index (κ1) is 12.7. The lowest BCUT2D eigenvalue weighted by Crippen LogP contribution is -2.40. The zero-order chi connectivity index (χ0) is 12.0. The molecular formula is C11H20N4O. The van der Waals surface area contributed by atoms with Gasteiger partial charge in [0, 0.05) is 13.2 Å². The van der Waals surface area contributed by atoms with Gasteiger partial charge < -0.3 is 11.1 Å². The van der Waals surface area contributed by atoms with Crippen molar-refractivity contribution in [2.75, 3.05) is 0 Å². The summed E-state index contributed by atoms with van der Waals surface area (Å²) in [6.45, 7) is 2.53. The predicted molar refractivity (Wildman–Crippen MR) is 62.6 cm³/mol. The molecule has 1 amide bonds. The summed E-state index contributed by atoms with van der Waals surface area (Å²) in [7, 11) is 1.85. The minimum absolute atomic E-state index is 0.0981. The number of nitrogens with zero attached hydrogens (tertiary/aromatic N) is 2. The minimum atomic E-state index is -0.399. The molecule has 1 heterocycles. The van der Waals surface area contributed by atoms with E-state index >= 15 is 0 Å². The maximum absolute atomic E-state index is 11.6. The number of nitrogens with two attached hydrogens (primary N) is 1. The number of hydrogen-bond donors (Lipinski definition) is 2. The van der Waals surface area contributed by atoms with Crippen LogP contribution in [0.15, 0.2) is 12.3 Å². The van der Waals surface area contributed by atoms with Gasteiger partial charge in [-0.1, -0.05) is 19.8 Å². The molecule has 0 aliphatic carbocycles. The van der Waals surface area contributed by atoms with Crippen LogP contribution in [-0.2, 0) is 18.4 Å². The van der Waals surface area contributed by atoms with Gasteiger partial charge in [-0.25, -0.2) is 0 Å². The smallest absolute Gasteiger partial charge is 0.237 e. The quantitative estimate of drug-likeness (QED) is 0.741. The summed E-state index contributed by atoms with van der Waals surface area (Å²) in [6, 6.07) is 1.47. The molecule has 5 heteroatoms. The van der Waals surface area contributed by atoms with Crippen molar-refractivity contribution in [2.24, 2.45) is 12.8 Å². The van der Waals surface area contributed by atoms with E-state index in [2.05, 4.69) is 17.3 Å². The average molecular weight is 224 g/mol. The van der Waals surface area contributed by atoms with E-state index in [1.807, 2.05) is 19.3 Å². The van der Waals surface area contributed by atoms with Gasteiger partial charge in [0.15, 0.2) is 0 Å². The lowest BCUT2D eigenvalue weighted by atomic mass is 10.1. The molecular weight excluding hydrogens is 204 g/mol. The summed E-state index contributed by atoms with van der Waals surface area (Å²) in [6.07, 6.45) is 4.63. The maximum atomic E-state index is 11.6. The van der Waals surface area contributed by atoms with Crippen LogP contribution in [-0.4, -0.2) is 21.7 Å². The predicted octanol–water partition coefficient (Wildman–Crippen LogP) is 0.554. The summed E-state index contributed by atoms with van der Waals surface area (Å²) >= 11 is 0. The van der Waals surface area contributed by atoms with Gasteiger partial charge >= 0.3 is 0 Å². The maximum Gasteiger partial charge on any atom is 0.237 e. The van der Waals surface area contributed by atoms with Crippen LogP contribution in [0, 0.1) is 0 Å². The summed E-state index contributed by atoms with van der Waals surface area (Å²) in [5.41, 5.74) is 6.58. The number of aromatic nitrogens is 2. The van der Waals surface area contributed by atoms with Gasteiger partial charge in [-0.15, -0.1) is 0 Å². The highest BCUT2D eigenvalue weighted by Gasteiger charge is 2.12. The zero-order valence-corrected chi connectivity index (χ0v) is 9.94. The van der Waals surface area contributed by atoms with E-state index in [0.29, 0.717) is 6.54 Å². The third kappa shape index (κ3) is 4.02. The van der Waals surface area contributed by atoms with E-state index in [1.165, 1.54) is 0 Å². The summed E-state index contributed by atoms with van der Waals surface area (Å²) < 4.78 is 1.71. The standard InChI is InChI=1S/C11H20N4O/c1-3-4-5-10(12)11(16)13-8-9-6-7-15(2)14-9/h6-7,10H,3-5,8,12H2,1-2H3,(H,13,16). The van der Waals surface area contributed by atoms with Gasteiger partial charge in [-0.3, -0.25) is 9.48 Å². The van der Waals surface area contributed by atoms with Crippen LogP contribution in [0.25, 0.3) is 0 Å². The number of rotatable bonds is 6. The Morgan fingerprint density at radius 1 is 1.69 bits per heavy atom. The Kier molecular flexibility index (Phi) is 4.98. The van der Waals surface area contributed by atoms with Crippen LogP contribution in [0.4, 0.5) is 0 Å². The van der Waals surface area contributed by atoms with Crippen LogP contribution >= 0.6 is 0 Å². The molecule has 0 bridgehead atoms. The molecule has 0 aliphatic rings. The van der Waals surface area contributed by atoms with E-state index in [9.17, 15) is 4.79 Å². The Balaban J connectivity index is 2.29. The Morgan fingerprint density at radius 3 is 3.00 bits per heavy atom. The molecule has 1 aromatic heterocycles. The molecule has 1 rings (SSSR count). The number of nitrogens with one attached hydrogen (secondary N) is 1. The molecule has 1 unspecified atom stereocenters. The first-order valence-electron chi connectivity index (χ1n) is 5.65. The summed E-state index contributed by atoms with van der Waals surface area (Å²) in [5, 5.41) is 6.95. The van der Waals surface area contributed by atoms with Crippen molar-refractivity contribution in [3.63, 3.8) is 0 Å². The van der Waals surface area contributed by atoms with Crippen molar-refractivity contribution < 1.29 is 4.79 Å². The van der Waals surface area contributed by atoms with Crippen molar-refractivity contribution in [3.8, 4) is 0 Å². The second-order valence-corrected chi connectivity index (χ2v) is 3.95. The molecule has 0 saturated heterocycles. The normalized spacial score (nSPS) is 12.4. The molecule has 16 heavy (non-hydrogen) atoms. The van der Waals surface area contributed by atoms with Crippen molar-refractivity contribution in [1.82, 2.24) is 15.1 Å². The fourth-order valence-corrected chi connectivity index (χ4v) is 1.42.